The van der Waals surface area contributed by atoms with Crippen LogP contribution in [-0.4, -0.2) is 22.9 Å². The van der Waals surface area contributed by atoms with Gasteiger partial charge in [0, 0.05) is 34.0 Å². The molecule has 17 aromatic carbocycles. The molecule has 0 saturated carbocycles. The molecule has 0 saturated heterocycles. The zero-order chi connectivity index (χ0) is 74.5. The number of benzene rings is 17. The van der Waals surface area contributed by atoms with Crippen LogP contribution in [0.25, 0.3) is 66.8 Å². The number of hydrogen-bond donors (Lipinski definition) is 0. The van der Waals surface area contributed by atoms with Gasteiger partial charge in [0.05, 0.1) is 5.69 Å². The van der Waals surface area contributed by atoms with Gasteiger partial charge in [-0.3, -0.25) is 0 Å². The average molecular weight is 1450 g/mol. The summed E-state index contributed by atoms with van der Waals surface area (Å²) in [4.78, 5) is 5.24. The molecule has 19 rings (SSSR count). The van der Waals surface area contributed by atoms with Gasteiger partial charge in [-0.2, -0.15) is 0 Å². The fourth-order valence-electron chi connectivity index (χ4n) is 18.0. The molecule has 0 atom stereocenters. The predicted molar refractivity (Wildman–Crippen MR) is 479 cm³/mol. The molecule has 0 aliphatic carbocycles. The largest absolute Gasteiger partial charge is 0.311 e. The van der Waals surface area contributed by atoms with Crippen LogP contribution in [0.2, 0.25) is 0 Å². The van der Waals surface area contributed by atoms with Gasteiger partial charge in [0.15, 0.2) is 16.1 Å². The molecule has 0 N–H and O–H groups in total. The van der Waals surface area contributed by atoms with Gasteiger partial charge < -0.3 is 9.80 Å². The smallest absolute Gasteiger partial charge is 0.252 e. The van der Waals surface area contributed by atoms with E-state index in [2.05, 4.69) is 467 Å². The van der Waals surface area contributed by atoms with Gasteiger partial charge in [-0.1, -0.05) is 409 Å². The third-order valence-electron chi connectivity index (χ3n) is 23.3. The molecule has 5 heteroatoms. The van der Waals surface area contributed by atoms with Crippen molar-refractivity contribution >= 4 is 115 Å². The summed E-state index contributed by atoms with van der Waals surface area (Å²) in [7, 11) is -6.01. The van der Waals surface area contributed by atoms with Crippen LogP contribution in [0.5, 0.6) is 0 Å². The molecule has 2 aliphatic rings. The molecule has 0 radical (unpaired) electrons. The molecule has 0 aromatic heterocycles. The SMILES string of the molecule is CC(C)(C)c1ccc2c(c1)N(c1ccccc1)c1cc(-c3ccc([Si](c4ccccc4)(c4ccccc4)c4cccc(-c5ccccc5)c4)cc3)cc3c1B2c1ccc(-c2ccc([Si](c4ccccc4)(c4ccccc4)c4cccc(-c5ccccc5)c4)cc2)cc1N3c1ccc(-c2ccccc2)cc1-c1ccccc1. The number of anilines is 6. The Morgan fingerprint density at radius 3 is 0.955 bits per heavy atom. The van der Waals surface area contributed by atoms with E-state index in [9.17, 15) is 0 Å². The van der Waals surface area contributed by atoms with Crippen LogP contribution in [0, 0.1) is 0 Å². The van der Waals surface area contributed by atoms with Crippen LogP contribution in [0.4, 0.5) is 34.1 Å². The Hall–Kier alpha value is -13.2. The number of rotatable bonds is 16. The van der Waals surface area contributed by atoms with E-state index in [0.29, 0.717) is 0 Å². The molecule has 526 valence electrons. The third kappa shape index (κ3) is 12.1. The summed E-state index contributed by atoms with van der Waals surface area (Å²) in [5.74, 6) is 0. The first-order valence-corrected chi connectivity index (χ1v) is 42.8. The summed E-state index contributed by atoms with van der Waals surface area (Å²) < 4.78 is 0. The second-order valence-electron chi connectivity index (χ2n) is 30.6. The quantitative estimate of drug-likeness (QED) is 0.0703. The maximum Gasteiger partial charge on any atom is 0.252 e. The minimum atomic E-state index is -3.03. The van der Waals surface area contributed by atoms with E-state index in [1.807, 2.05) is 0 Å². The summed E-state index contributed by atoms with van der Waals surface area (Å²) in [6.45, 7) is 6.88. The molecule has 17 aromatic rings. The van der Waals surface area contributed by atoms with Crippen LogP contribution >= 0.6 is 0 Å². The van der Waals surface area contributed by atoms with Gasteiger partial charge in [0.25, 0.3) is 6.71 Å². The predicted octanol–water partition coefficient (Wildman–Crippen LogP) is 19.8. The highest BCUT2D eigenvalue weighted by molar-refractivity contribution is 7.20. The molecule has 0 unspecified atom stereocenters. The van der Waals surface area contributed by atoms with Crippen molar-refractivity contribution in [3.05, 3.63) is 442 Å². The zero-order valence-electron chi connectivity index (χ0n) is 62.5. The molecule has 2 nitrogen and oxygen atoms in total. The highest BCUT2D eigenvalue weighted by Gasteiger charge is 2.47. The third-order valence-corrected chi connectivity index (χ3v) is 32.9. The second-order valence-corrected chi connectivity index (χ2v) is 38.3. The Kier molecular flexibility index (Phi) is 17.7. The van der Waals surface area contributed by atoms with Crippen molar-refractivity contribution in [2.24, 2.45) is 0 Å². The Balaban J connectivity index is 0.856. The minimum absolute atomic E-state index is 0.130. The Labute approximate surface area is 655 Å². The van der Waals surface area contributed by atoms with E-state index >= 15 is 0 Å². The van der Waals surface area contributed by atoms with Crippen molar-refractivity contribution in [3.63, 3.8) is 0 Å². The van der Waals surface area contributed by atoms with Crippen molar-refractivity contribution < 1.29 is 0 Å². The highest BCUT2D eigenvalue weighted by Crippen LogP contribution is 2.50. The molecule has 2 heterocycles. The van der Waals surface area contributed by atoms with Gasteiger partial charge in [-0.25, -0.2) is 0 Å². The normalized spacial score (nSPS) is 12.4. The van der Waals surface area contributed by atoms with Gasteiger partial charge in [-0.15, -0.1) is 0 Å². The Morgan fingerprint density at radius 2 is 0.514 bits per heavy atom. The molecule has 0 fully saturated rings. The Bertz CT molecular complexity index is 6120. The number of hydrogen-bond acceptors (Lipinski definition) is 2. The molecule has 111 heavy (non-hydrogen) atoms. The van der Waals surface area contributed by atoms with E-state index in [4.69, 9.17) is 0 Å². The first-order valence-electron chi connectivity index (χ1n) is 38.8. The standard InChI is InChI=1S/C106H81BN2Si2/c1-106(2,3)87-61-67-99-102(75-87)108(88-43-21-8-22-44-88)103-73-86(80-57-64-94(65-58-80)111(91-49-27-11-28-50-91,92-51-29-12-30-52-92)96-54-32-42-83(70-96)77-35-15-5-16-36-77)74-104-105(103)107(99)98-66-59-85(72-101(98)109(104)100-68-60-84(78-37-17-6-18-38-78)71-97(100)81-39-19-7-20-40-81)79-55-62-93(63-56-79)110(89-45-23-9-24-46-89,90-47-25-10-26-48-90)95-53-31-41-82(69-95)76-33-13-4-14-34-76/h4-75H,1-3H3. The van der Waals surface area contributed by atoms with Crippen molar-refractivity contribution in [1.29, 1.82) is 0 Å². The lowest BCUT2D eigenvalue weighted by molar-refractivity contribution is 0.590. The molecular formula is C106H81BN2Si2. The minimum Gasteiger partial charge on any atom is -0.311 e. The molecule has 0 amide bonds. The summed E-state index contributed by atoms with van der Waals surface area (Å²) in [5.41, 5.74) is 25.8. The highest BCUT2D eigenvalue weighted by atomic mass is 28.3. The van der Waals surface area contributed by atoms with E-state index in [1.54, 1.807) is 0 Å². The zero-order valence-corrected chi connectivity index (χ0v) is 64.5. The first-order chi connectivity index (χ1) is 54.7. The number of nitrogens with zero attached hydrogens (tertiary/aromatic N) is 2. The first kappa shape index (κ1) is 68.4. The van der Waals surface area contributed by atoms with Crippen LogP contribution < -0.4 is 67.7 Å². The van der Waals surface area contributed by atoms with Crippen LogP contribution in [0.1, 0.15) is 26.3 Å². The number of fused-ring (bicyclic) bond motifs is 4. The molecule has 2 aliphatic heterocycles. The summed E-state index contributed by atoms with van der Waals surface area (Å²) in [6, 6.07) is 165. The second kappa shape index (κ2) is 28.8. The lowest BCUT2D eigenvalue weighted by Crippen LogP contribution is -2.74. The van der Waals surface area contributed by atoms with E-state index in [-0.39, 0.29) is 12.1 Å². The van der Waals surface area contributed by atoms with Gasteiger partial charge in [0.1, 0.15) is 0 Å². The van der Waals surface area contributed by atoms with Crippen molar-refractivity contribution in [2.75, 3.05) is 9.80 Å². The van der Waals surface area contributed by atoms with Crippen molar-refractivity contribution in [1.82, 2.24) is 0 Å². The monoisotopic (exact) mass is 1450 g/mol. The summed E-state index contributed by atoms with van der Waals surface area (Å²) >= 11 is 0. The average Bonchev–Trinajstić information content (AvgIpc) is 0.686. The van der Waals surface area contributed by atoms with Crippen LogP contribution in [-0.2, 0) is 5.41 Å². The van der Waals surface area contributed by atoms with Crippen molar-refractivity contribution in [3.8, 4) is 66.8 Å². The van der Waals surface area contributed by atoms with Crippen LogP contribution in [0.15, 0.2) is 437 Å². The van der Waals surface area contributed by atoms with Crippen LogP contribution in [0.3, 0.4) is 0 Å². The van der Waals surface area contributed by atoms with Gasteiger partial charge >= 0.3 is 0 Å². The topological polar surface area (TPSA) is 6.48 Å². The van der Waals surface area contributed by atoms with E-state index in [1.165, 1.54) is 97.0 Å². The maximum atomic E-state index is 2.65. The Morgan fingerprint density at radius 1 is 0.207 bits per heavy atom. The fraction of sp³-hybridized carbons (Fsp3) is 0.0377. The molecule has 0 spiro atoms. The van der Waals surface area contributed by atoms with E-state index < -0.39 is 16.1 Å². The van der Waals surface area contributed by atoms with Gasteiger partial charge in [0.2, 0.25) is 0 Å². The maximum absolute atomic E-state index is 3.03. The van der Waals surface area contributed by atoms with Crippen molar-refractivity contribution in [2.45, 2.75) is 26.2 Å². The summed E-state index contributed by atoms with van der Waals surface area (Å²) in [5, 5.41) is 10.7. The lowest BCUT2D eigenvalue weighted by atomic mass is 9.33. The summed E-state index contributed by atoms with van der Waals surface area (Å²) in [6.07, 6.45) is 0. The van der Waals surface area contributed by atoms with Gasteiger partial charge in [-0.05, 0) is 179 Å². The number of para-hydroxylation sites is 1. The lowest BCUT2D eigenvalue weighted by Gasteiger charge is -2.45. The fourth-order valence-corrected chi connectivity index (χ4v) is 27.6. The molecular weight excluding hydrogens is 1370 g/mol. The van der Waals surface area contributed by atoms with E-state index in [0.717, 1.165) is 67.4 Å². The molecule has 0 bridgehead atoms.